The summed E-state index contributed by atoms with van der Waals surface area (Å²) in [6.07, 6.45) is 1.67. The minimum Gasteiger partial charge on any atom is -0.354 e. The van der Waals surface area contributed by atoms with Crippen molar-refractivity contribution < 1.29 is 0 Å². The lowest BCUT2D eigenvalue weighted by atomic mass is 10.5. The molecule has 0 unspecified atom stereocenters. The fourth-order valence-corrected chi connectivity index (χ4v) is 2.60. The van der Waals surface area contributed by atoms with Gasteiger partial charge in [-0.25, -0.2) is 15.0 Å². The van der Waals surface area contributed by atoms with Crippen LogP contribution in [0.5, 0.6) is 0 Å². The molecule has 6 nitrogen and oxygen atoms in total. The molecule has 0 radical (unpaired) electrons. The topological polar surface area (TPSA) is 83.6 Å². The van der Waals surface area contributed by atoms with Crippen LogP contribution >= 0.6 is 27.7 Å². The molecule has 0 aliphatic rings. The van der Waals surface area contributed by atoms with Crippen LogP contribution in [0, 0.1) is 6.92 Å². The van der Waals surface area contributed by atoms with E-state index in [1.165, 1.54) is 17.8 Å². The van der Waals surface area contributed by atoms with E-state index < -0.39 is 0 Å². The van der Waals surface area contributed by atoms with Gasteiger partial charge >= 0.3 is 0 Å². The van der Waals surface area contributed by atoms with Crippen LogP contribution in [0.2, 0.25) is 0 Å². The van der Waals surface area contributed by atoms with Crippen molar-refractivity contribution in [2.24, 2.45) is 0 Å². The summed E-state index contributed by atoms with van der Waals surface area (Å²) >= 11 is 4.66. The fraction of sp³-hybridized carbons (Fsp3) is 0.273. The van der Waals surface area contributed by atoms with E-state index in [0.717, 1.165) is 11.0 Å². The lowest BCUT2D eigenvalue weighted by molar-refractivity contribution is 0.898. The third-order valence-electron chi connectivity index (χ3n) is 2.09. The van der Waals surface area contributed by atoms with Gasteiger partial charge in [-0.2, -0.15) is 0 Å². The second-order valence-corrected chi connectivity index (χ2v) is 5.50. The highest BCUT2D eigenvalue weighted by Gasteiger charge is 2.09. The molecule has 0 spiro atoms. The number of nitrogens with one attached hydrogen (secondary N) is 2. The van der Waals surface area contributed by atoms with Crippen LogP contribution in [0.25, 0.3) is 0 Å². The molecular formula is C11H12BrN5OS. The van der Waals surface area contributed by atoms with Crippen LogP contribution < -0.4 is 10.9 Å². The number of hydrogen-bond acceptors (Lipinski definition) is 6. The van der Waals surface area contributed by atoms with Crippen molar-refractivity contribution in [1.29, 1.82) is 0 Å². The van der Waals surface area contributed by atoms with Gasteiger partial charge < -0.3 is 10.3 Å². The third-order valence-corrected chi connectivity index (χ3v) is 3.82. The van der Waals surface area contributed by atoms with Gasteiger partial charge in [0.25, 0.3) is 5.56 Å². The van der Waals surface area contributed by atoms with E-state index in [0.29, 0.717) is 21.8 Å². The molecule has 2 aromatic heterocycles. The summed E-state index contributed by atoms with van der Waals surface area (Å²) in [4.78, 5) is 26.8. The Labute approximate surface area is 122 Å². The van der Waals surface area contributed by atoms with E-state index in [-0.39, 0.29) is 5.56 Å². The van der Waals surface area contributed by atoms with E-state index in [1.54, 1.807) is 13.1 Å². The molecule has 2 heterocycles. The molecule has 2 rings (SSSR count). The fourth-order valence-electron chi connectivity index (χ4n) is 1.36. The van der Waals surface area contributed by atoms with Crippen LogP contribution in [-0.4, -0.2) is 26.5 Å². The van der Waals surface area contributed by atoms with Crippen molar-refractivity contribution in [3.05, 3.63) is 32.8 Å². The monoisotopic (exact) mass is 341 g/mol. The summed E-state index contributed by atoms with van der Waals surface area (Å²) in [7, 11) is 0. The van der Waals surface area contributed by atoms with Gasteiger partial charge in [-0.05, 0) is 41.5 Å². The highest BCUT2D eigenvalue weighted by molar-refractivity contribution is 9.10. The van der Waals surface area contributed by atoms with Gasteiger partial charge in [-0.3, -0.25) is 4.79 Å². The maximum Gasteiger partial charge on any atom is 0.251 e. The molecule has 0 bridgehead atoms. The first kappa shape index (κ1) is 14.0. The van der Waals surface area contributed by atoms with E-state index in [9.17, 15) is 4.79 Å². The second-order valence-electron chi connectivity index (χ2n) is 3.67. The lowest BCUT2D eigenvalue weighted by Crippen LogP contribution is -2.08. The number of aromatic nitrogens is 4. The summed E-state index contributed by atoms with van der Waals surface area (Å²) in [6, 6.07) is 1.45. The Hall–Kier alpha value is -1.41. The molecule has 19 heavy (non-hydrogen) atoms. The molecule has 2 aromatic rings. The van der Waals surface area contributed by atoms with Gasteiger partial charge in [0.1, 0.15) is 5.03 Å². The van der Waals surface area contributed by atoms with Crippen molar-refractivity contribution in [3.63, 3.8) is 0 Å². The number of rotatable bonds is 4. The van der Waals surface area contributed by atoms with Gasteiger partial charge in [-0.1, -0.05) is 0 Å². The van der Waals surface area contributed by atoms with Crippen molar-refractivity contribution in [3.8, 4) is 0 Å². The predicted molar refractivity (Wildman–Crippen MR) is 77.6 cm³/mol. The first-order valence-electron chi connectivity index (χ1n) is 5.60. The molecule has 100 valence electrons. The molecule has 0 fully saturated rings. The number of halogens is 1. The van der Waals surface area contributed by atoms with Crippen molar-refractivity contribution in [2.75, 3.05) is 11.9 Å². The maximum absolute atomic E-state index is 11.4. The van der Waals surface area contributed by atoms with Crippen LogP contribution in [0.4, 0.5) is 5.95 Å². The molecule has 8 heteroatoms. The number of H-pyrrole nitrogens is 1. The summed E-state index contributed by atoms with van der Waals surface area (Å²) in [6.45, 7) is 4.49. The second kappa shape index (κ2) is 6.16. The number of hydrogen-bond donors (Lipinski definition) is 2. The van der Waals surface area contributed by atoms with E-state index in [2.05, 4.69) is 41.2 Å². The average molecular weight is 342 g/mol. The standard InChI is InChI=1S/C11H12BrN5OS/c1-3-13-10-14-5-7(12)9(17-10)19-11-15-6(2)4-8(18)16-11/h4-5H,3H2,1-2H3,(H,13,14,17)(H,15,16,18). The Balaban J connectivity index is 2.31. The number of nitrogens with zero attached hydrogens (tertiary/aromatic N) is 3. The zero-order chi connectivity index (χ0) is 13.8. The minimum atomic E-state index is -0.174. The molecule has 0 aliphatic heterocycles. The van der Waals surface area contributed by atoms with Gasteiger partial charge in [0, 0.05) is 24.5 Å². The summed E-state index contributed by atoms with van der Waals surface area (Å²) in [5, 5.41) is 4.24. The largest absolute Gasteiger partial charge is 0.354 e. The quantitative estimate of drug-likeness (QED) is 0.655. The molecule has 0 amide bonds. The predicted octanol–water partition coefficient (Wildman–Crippen LogP) is 2.21. The van der Waals surface area contributed by atoms with Crippen LogP contribution in [0.15, 0.2) is 31.7 Å². The van der Waals surface area contributed by atoms with E-state index in [1.807, 2.05) is 6.92 Å². The molecule has 2 N–H and O–H groups in total. The van der Waals surface area contributed by atoms with Gasteiger partial charge in [0.05, 0.1) is 4.47 Å². The van der Waals surface area contributed by atoms with Crippen LogP contribution in [-0.2, 0) is 0 Å². The molecule has 0 aromatic carbocycles. The van der Waals surface area contributed by atoms with Crippen molar-refractivity contribution in [1.82, 2.24) is 19.9 Å². The third kappa shape index (κ3) is 3.77. The molecule has 0 saturated carbocycles. The van der Waals surface area contributed by atoms with Crippen LogP contribution in [0.1, 0.15) is 12.6 Å². The zero-order valence-electron chi connectivity index (χ0n) is 10.4. The highest BCUT2D eigenvalue weighted by atomic mass is 79.9. The lowest BCUT2D eigenvalue weighted by Gasteiger charge is -2.06. The SMILES string of the molecule is CCNc1ncc(Br)c(Sc2nc(C)cc(=O)[nH]2)n1. The summed E-state index contributed by atoms with van der Waals surface area (Å²) in [5.41, 5.74) is 0.496. The smallest absolute Gasteiger partial charge is 0.251 e. The van der Waals surface area contributed by atoms with Crippen LogP contribution in [0.3, 0.4) is 0 Å². The van der Waals surface area contributed by atoms with E-state index in [4.69, 9.17) is 0 Å². The zero-order valence-corrected chi connectivity index (χ0v) is 12.8. The summed E-state index contributed by atoms with van der Waals surface area (Å²) < 4.78 is 0.753. The Morgan fingerprint density at radius 2 is 2.26 bits per heavy atom. The normalized spacial score (nSPS) is 10.5. The number of aromatic amines is 1. The highest BCUT2D eigenvalue weighted by Crippen LogP contribution is 2.29. The Kier molecular flexibility index (Phi) is 4.54. The van der Waals surface area contributed by atoms with E-state index >= 15 is 0 Å². The Morgan fingerprint density at radius 3 is 2.95 bits per heavy atom. The van der Waals surface area contributed by atoms with Crippen molar-refractivity contribution >= 4 is 33.6 Å². The maximum atomic E-state index is 11.4. The molecule has 0 atom stereocenters. The number of aryl methyl sites for hydroxylation is 1. The molecule has 0 saturated heterocycles. The van der Waals surface area contributed by atoms with Gasteiger partial charge in [0.15, 0.2) is 5.16 Å². The van der Waals surface area contributed by atoms with Gasteiger partial charge in [-0.15, -0.1) is 0 Å². The van der Waals surface area contributed by atoms with Gasteiger partial charge in [0.2, 0.25) is 5.95 Å². The molecule has 0 aliphatic carbocycles. The number of anilines is 1. The average Bonchev–Trinajstić information content (AvgIpc) is 2.32. The van der Waals surface area contributed by atoms with Crippen molar-refractivity contribution in [2.45, 2.75) is 24.0 Å². The minimum absolute atomic E-state index is 0.174. The Bertz CT molecular complexity index is 645. The Morgan fingerprint density at radius 1 is 1.47 bits per heavy atom. The molecular weight excluding hydrogens is 330 g/mol. The first-order chi connectivity index (χ1) is 9.08. The first-order valence-corrected chi connectivity index (χ1v) is 7.21. The summed E-state index contributed by atoms with van der Waals surface area (Å²) in [5.74, 6) is 0.545.